The normalized spacial score (nSPS) is 32.2. The van der Waals surface area contributed by atoms with Crippen LogP contribution in [0.1, 0.15) is 26.3 Å². The standard InChI is InChI=1S/C22H34OSi3/c1-21(2)22(3,19-15-11-9-12-16-19)26(8,20-17-13-10-14-18-20)25(6,7)24(4,5)23-21/h9-18H,1-8H3. The fraction of sp³-hybridized carbons (Fsp3) is 0.455. The molecule has 2 aromatic rings. The summed E-state index contributed by atoms with van der Waals surface area (Å²) in [6, 6.07) is 22.6. The summed E-state index contributed by atoms with van der Waals surface area (Å²) in [5.41, 5.74) is 1.27. The third kappa shape index (κ3) is 2.35. The van der Waals surface area contributed by atoms with Gasteiger partial charge in [0, 0.05) is 5.04 Å². The van der Waals surface area contributed by atoms with Crippen molar-refractivity contribution in [3.05, 3.63) is 66.2 Å². The van der Waals surface area contributed by atoms with Crippen LogP contribution in [0.3, 0.4) is 0 Å². The van der Waals surface area contributed by atoms with E-state index in [1.54, 1.807) is 5.19 Å². The van der Waals surface area contributed by atoms with Gasteiger partial charge in [0.05, 0.1) is 20.3 Å². The summed E-state index contributed by atoms with van der Waals surface area (Å²) >= 11 is 0. The Kier molecular flexibility index (Phi) is 4.59. The van der Waals surface area contributed by atoms with Gasteiger partial charge < -0.3 is 4.43 Å². The zero-order valence-electron chi connectivity index (χ0n) is 17.7. The lowest BCUT2D eigenvalue weighted by molar-refractivity contribution is 0.0531. The van der Waals surface area contributed by atoms with Crippen LogP contribution in [0.5, 0.6) is 0 Å². The Morgan fingerprint density at radius 1 is 0.692 bits per heavy atom. The second-order valence-electron chi connectivity index (χ2n) is 9.73. The summed E-state index contributed by atoms with van der Waals surface area (Å²) in [6.07, 6.45) is 0. The van der Waals surface area contributed by atoms with Crippen LogP contribution in [-0.4, -0.2) is 28.1 Å². The molecule has 1 saturated heterocycles. The first-order chi connectivity index (χ1) is 11.9. The van der Waals surface area contributed by atoms with Crippen molar-refractivity contribution in [2.45, 2.75) is 64.1 Å². The Labute approximate surface area is 162 Å². The van der Waals surface area contributed by atoms with E-state index < -0.39 is 22.5 Å². The molecule has 1 aliphatic rings. The van der Waals surface area contributed by atoms with Crippen molar-refractivity contribution in [3.8, 4) is 0 Å². The fourth-order valence-electron chi connectivity index (χ4n) is 5.53. The van der Waals surface area contributed by atoms with Crippen molar-refractivity contribution in [2.75, 3.05) is 0 Å². The molecule has 1 aliphatic heterocycles. The Morgan fingerprint density at radius 2 is 1.15 bits per heavy atom. The second kappa shape index (κ2) is 6.03. The van der Waals surface area contributed by atoms with E-state index in [-0.39, 0.29) is 10.6 Å². The largest absolute Gasteiger partial charge is 0.415 e. The van der Waals surface area contributed by atoms with Crippen molar-refractivity contribution in [3.63, 3.8) is 0 Å². The van der Waals surface area contributed by atoms with E-state index in [1.165, 1.54) is 5.56 Å². The van der Waals surface area contributed by atoms with Crippen molar-refractivity contribution in [2.24, 2.45) is 0 Å². The molecular formula is C22H34OSi3. The SMILES string of the molecule is CC1(C)O[Si](C)(C)[Si](C)(C)[Si](C)(c2ccccc2)C1(C)c1ccccc1. The average molecular weight is 399 g/mol. The van der Waals surface area contributed by atoms with Gasteiger partial charge in [-0.05, 0) is 32.5 Å². The lowest BCUT2D eigenvalue weighted by Crippen LogP contribution is -2.91. The number of benzene rings is 2. The molecule has 1 nitrogen and oxygen atoms in total. The van der Waals surface area contributed by atoms with Gasteiger partial charge in [-0.3, -0.25) is 0 Å². The molecule has 2 unspecified atom stereocenters. The molecule has 0 aromatic heterocycles. The molecule has 0 radical (unpaired) electrons. The molecule has 0 bridgehead atoms. The minimum atomic E-state index is -1.93. The van der Waals surface area contributed by atoms with Crippen LogP contribution < -0.4 is 5.19 Å². The van der Waals surface area contributed by atoms with E-state index in [2.05, 4.69) is 114 Å². The zero-order chi connectivity index (χ0) is 19.4. The summed E-state index contributed by atoms with van der Waals surface area (Å²) in [5, 5.41) is 1.64. The summed E-state index contributed by atoms with van der Waals surface area (Å²) in [7, 11) is -5.39. The van der Waals surface area contributed by atoms with Crippen LogP contribution in [0.15, 0.2) is 60.7 Å². The maximum absolute atomic E-state index is 7.10. The number of hydrogen-bond donors (Lipinski definition) is 0. The Bertz CT molecular complexity index is 786. The summed E-state index contributed by atoms with van der Waals surface area (Å²) < 4.78 is 7.10. The quantitative estimate of drug-likeness (QED) is 0.620. The Morgan fingerprint density at radius 3 is 1.65 bits per heavy atom. The Balaban J connectivity index is 2.42. The summed E-state index contributed by atoms with van der Waals surface area (Å²) in [5.74, 6) is 0. The minimum absolute atomic E-state index is 0.0286. The van der Waals surface area contributed by atoms with Crippen molar-refractivity contribution in [1.29, 1.82) is 0 Å². The first-order valence-corrected chi connectivity index (χ1v) is 20.1. The highest BCUT2D eigenvalue weighted by molar-refractivity contribution is 7.70. The average Bonchev–Trinajstić information content (AvgIpc) is 2.59. The predicted molar refractivity (Wildman–Crippen MR) is 122 cm³/mol. The third-order valence-corrected chi connectivity index (χ3v) is 48.2. The molecule has 140 valence electrons. The van der Waals surface area contributed by atoms with Gasteiger partial charge in [-0.25, -0.2) is 0 Å². The van der Waals surface area contributed by atoms with Crippen molar-refractivity contribution in [1.82, 2.24) is 0 Å². The van der Waals surface area contributed by atoms with Crippen molar-refractivity contribution >= 4 is 27.7 Å². The molecule has 0 N–H and O–H groups in total. The summed E-state index contributed by atoms with van der Waals surface area (Å²) in [6.45, 7) is 20.1. The first-order valence-electron chi connectivity index (χ1n) is 9.73. The molecule has 0 saturated carbocycles. The lowest BCUT2D eigenvalue weighted by Gasteiger charge is -2.68. The zero-order valence-corrected chi connectivity index (χ0v) is 20.7. The molecule has 1 heterocycles. The topological polar surface area (TPSA) is 9.23 Å². The fourth-order valence-corrected chi connectivity index (χ4v) is 41.7. The number of hydrogen-bond acceptors (Lipinski definition) is 1. The van der Waals surface area contributed by atoms with Gasteiger partial charge in [-0.2, -0.15) is 0 Å². The summed E-state index contributed by atoms with van der Waals surface area (Å²) in [4.78, 5) is 0. The van der Waals surface area contributed by atoms with E-state index in [4.69, 9.17) is 4.43 Å². The molecule has 26 heavy (non-hydrogen) atoms. The van der Waals surface area contributed by atoms with Crippen LogP contribution in [0.4, 0.5) is 0 Å². The van der Waals surface area contributed by atoms with Crippen LogP contribution >= 0.6 is 0 Å². The van der Waals surface area contributed by atoms with Crippen LogP contribution in [0, 0.1) is 0 Å². The van der Waals surface area contributed by atoms with Crippen LogP contribution in [0.25, 0.3) is 0 Å². The van der Waals surface area contributed by atoms with Gasteiger partial charge in [0.15, 0.2) is 7.83 Å². The van der Waals surface area contributed by atoms with E-state index >= 15 is 0 Å². The third-order valence-electron chi connectivity index (χ3n) is 8.17. The van der Waals surface area contributed by atoms with Gasteiger partial charge in [0.1, 0.15) is 0 Å². The highest BCUT2D eigenvalue weighted by atomic mass is 29.6. The Hall–Kier alpha value is -0.949. The van der Waals surface area contributed by atoms with Gasteiger partial charge in [-0.15, -0.1) is 0 Å². The molecule has 2 aromatic carbocycles. The highest BCUT2D eigenvalue weighted by Gasteiger charge is 2.73. The second-order valence-corrected chi connectivity index (χ2v) is 35.6. The molecule has 0 aliphatic carbocycles. The molecule has 0 spiro atoms. The molecular weight excluding hydrogens is 364 g/mol. The van der Waals surface area contributed by atoms with Crippen molar-refractivity contribution < 1.29 is 4.43 Å². The minimum Gasteiger partial charge on any atom is -0.415 e. The van der Waals surface area contributed by atoms with Crippen LogP contribution in [-0.2, 0) is 9.46 Å². The van der Waals surface area contributed by atoms with E-state index in [1.807, 2.05) is 0 Å². The van der Waals surface area contributed by atoms with E-state index in [0.717, 1.165) is 0 Å². The van der Waals surface area contributed by atoms with Crippen LogP contribution in [0.2, 0.25) is 32.7 Å². The lowest BCUT2D eigenvalue weighted by atomic mass is 9.85. The first kappa shape index (κ1) is 19.8. The van der Waals surface area contributed by atoms with E-state index in [0.29, 0.717) is 0 Å². The van der Waals surface area contributed by atoms with E-state index in [9.17, 15) is 0 Å². The molecule has 1 fully saturated rings. The molecule has 3 rings (SSSR count). The smallest absolute Gasteiger partial charge is 0.172 e. The predicted octanol–water partition coefficient (Wildman–Crippen LogP) is 5.35. The highest BCUT2D eigenvalue weighted by Crippen LogP contribution is 2.55. The monoisotopic (exact) mass is 398 g/mol. The van der Waals surface area contributed by atoms with Gasteiger partial charge in [0.25, 0.3) is 0 Å². The molecule has 4 heteroatoms. The molecule has 2 atom stereocenters. The maximum atomic E-state index is 7.10. The molecule has 0 amide bonds. The van der Waals surface area contributed by atoms with Gasteiger partial charge in [0.2, 0.25) is 0 Å². The van der Waals surface area contributed by atoms with Gasteiger partial charge in [-0.1, -0.05) is 92.4 Å². The number of rotatable bonds is 2. The maximum Gasteiger partial charge on any atom is 0.172 e. The van der Waals surface area contributed by atoms with Gasteiger partial charge >= 0.3 is 0 Å².